The minimum Gasteiger partial charge on any atom is -0.490 e. The molecule has 2 aromatic heterocycles. The lowest BCUT2D eigenvalue weighted by atomic mass is 10.1. The quantitative estimate of drug-likeness (QED) is 0.208. The molecule has 9 heteroatoms. The van der Waals surface area contributed by atoms with Crippen molar-refractivity contribution in [3.63, 3.8) is 0 Å². The van der Waals surface area contributed by atoms with Crippen molar-refractivity contribution in [1.82, 2.24) is 9.55 Å². The SMILES string of the molecule is Cc1c(C(=O)OCCOc2ccccc2)sc2ncn(CC(=O)c3ccc(Cl)cc3)c(=O)c12. The number of nitrogens with zero attached hydrogens (tertiary/aromatic N) is 2. The summed E-state index contributed by atoms with van der Waals surface area (Å²) in [7, 11) is 0. The molecule has 0 saturated heterocycles. The second kappa shape index (κ2) is 9.97. The van der Waals surface area contributed by atoms with Crippen LogP contribution in [0.4, 0.5) is 0 Å². The topological polar surface area (TPSA) is 87.5 Å². The zero-order chi connectivity index (χ0) is 23.4. The van der Waals surface area contributed by atoms with Gasteiger partial charge >= 0.3 is 5.97 Å². The van der Waals surface area contributed by atoms with Crippen LogP contribution in [0.15, 0.2) is 65.7 Å². The maximum Gasteiger partial charge on any atom is 0.348 e. The third-order valence-corrected chi connectivity index (χ3v) is 6.34. The highest BCUT2D eigenvalue weighted by atomic mass is 35.5. The molecule has 0 radical (unpaired) electrons. The Bertz CT molecular complexity index is 1360. The number of Topliss-reactive ketones (excluding diaryl/α,β-unsaturated/α-hetero) is 1. The summed E-state index contributed by atoms with van der Waals surface area (Å²) in [6, 6.07) is 15.6. The van der Waals surface area contributed by atoms with E-state index in [4.69, 9.17) is 21.1 Å². The Labute approximate surface area is 198 Å². The van der Waals surface area contributed by atoms with E-state index in [-0.39, 0.29) is 31.1 Å². The summed E-state index contributed by atoms with van der Waals surface area (Å²) in [5.74, 6) is -0.110. The van der Waals surface area contributed by atoms with E-state index < -0.39 is 5.97 Å². The Morgan fingerprint density at radius 2 is 1.79 bits per heavy atom. The summed E-state index contributed by atoms with van der Waals surface area (Å²) in [6.07, 6.45) is 1.32. The fraction of sp³-hybridized carbons (Fsp3) is 0.167. The van der Waals surface area contributed by atoms with Crippen molar-refractivity contribution < 1.29 is 19.1 Å². The van der Waals surface area contributed by atoms with E-state index in [1.54, 1.807) is 31.2 Å². The summed E-state index contributed by atoms with van der Waals surface area (Å²) in [5.41, 5.74) is 0.535. The van der Waals surface area contributed by atoms with E-state index in [2.05, 4.69) is 4.98 Å². The molecular formula is C24H19ClN2O5S. The van der Waals surface area contributed by atoms with Gasteiger partial charge < -0.3 is 9.47 Å². The number of aromatic nitrogens is 2. The van der Waals surface area contributed by atoms with Crippen molar-refractivity contribution in [2.45, 2.75) is 13.5 Å². The minimum absolute atomic E-state index is 0.0642. The van der Waals surface area contributed by atoms with Crippen LogP contribution in [0.1, 0.15) is 25.6 Å². The molecule has 33 heavy (non-hydrogen) atoms. The molecule has 0 bridgehead atoms. The zero-order valence-corrected chi connectivity index (χ0v) is 19.2. The molecule has 7 nitrogen and oxygen atoms in total. The molecule has 168 valence electrons. The van der Waals surface area contributed by atoms with Crippen molar-refractivity contribution in [3.8, 4) is 5.75 Å². The average molecular weight is 483 g/mol. The number of carbonyl (C=O) groups is 2. The van der Waals surface area contributed by atoms with Gasteiger partial charge in [0.25, 0.3) is 5.56 Å². The van der Waals surface area contributed by atoms with Crippen LogP contribution in [0, 0.1) is 6.92 Å². The Morgan fingerprint density at radius 3 is 2.52 bits per heavy atom. The van der Waals surface area contributed by atoms with Gasteiger partial charge in [0.05, 0.1) is 18.3 Å². The third kappa shape index (κ3) is 5.13. The number of rotatable bonds is 8. The highest BCUT2D eigenvalue weighted by Crippen LogP contribution is 2.27. The number of esters is 1. The molecule has 2 heterocycles. The molecule has 2 aromatic carbocycles. The van der Waals surface area contributed by atoms with Gasteiger partial charge in [-0.3, -0.25) is 14.2 Å². The number of hydrogen-bond donors (Lipinski definition) is 0. The van der Waals surface area contributed by atoms with E-state index in [9.17, 15) is 14.4 Å². The lowest BCUT2D eigenvalue weighted by molar-refractivity contribution is 0.0455. The highest BCUT2D eigenvalue weighted by Gasteiger charge is 2.21. The monoisotopic (exact) mass is 482 g/mol. The summed E-state index contributed by atoms with van der Waals surface area (Å²) in [4.78, 5) is 43.1. The van der Waals surface area contributed by atoms with Crippen LogP contribution >= 0.6 is 22.9 Å². The smallest absolute Gasteiger partial charge is 0.348 e. The Balaban J connectivity index is 1.47. The molecule has 0 spiro atoms. The van der Waals surface area contributed by atoms with Crippen LogP contribution in [0.3, 0.4) is 0 Å². The average Bonchev–Trinajstić information content (AvgIpc) is 3.16. The Kier molecular flexibility index (Phi) is 6.86. The molecule has 4 rings (SSSR count). The molecule has 0 unspecified atom stereocenters. The van der Waals surface area contributed by atoms with Crippen LogP contribution in [0.25, 0.3) is 10.2 Å². The maximum absolute atomic E-state index is 13.0. The molecule has 0 aliphatic carbocycles. The summed E-state index contributed by atoms with van der Waals surface area (Å²) >= 11 is 6.95. The second-order valence-electron chi connectivity index (χ2n) is 7.14. The van der Waals surface area contributed by atoms with E-state index in [0.717, 1.165) is 11.3 Å². The maximum atomic E-state index is 13.0. The van der Waals surface area contributed by atoms with Gasteiger partial charge in [0.1, 0.15) is 28.7 Å². The van der Waals surface area contributed by atoms with Gasteiger partial charge in [0.2, 0.25) is 0 Å². The number of hydrogen-bond acceptors (Lipinski definition) is 7. The summed E-state index contributed by atoms with van der Waals surface area (Å²) in [6.45, 7) is 1.77. The van der Waals surface area contributed by atoms with Gasteiger partial charge in [0, 0.05) is 10.6 Å². The molecule has 0 saturated carbocycles. The second-order valence-corrected chi connectivity index (χ2v) is 8.58. The van der Waals surface area contributed by atoms with Crippen LogP contribution in [0.2, 0.25) is 5.02 Å². The molecular weight excluding hydrogens is 464 g/mol. The van der Waals surface area contributed by atoms with Crippen molar-refractivity contribution >= 4 is 44.9 Å². The normalized spacial score (nSPS) is 10.8. The van der Waals surface area contributed by atoms with Gasteiger partial charge in [-0.25, -0.2) is 9.78 Å². The number of para-hydroxylation sites is 1. The van der Waals surface area contributed by atoms with Crippen molar-refractivity contribution in [2.24, 2.45) is 0 Å². The molecule has 0 fully saturated rings. The lowest BCUT2D eigenvalue weighted by Crippen LogP contribution is -2.24. The van der Waals surface area contributed by atoms with Crippen LogP contribution in [0.5, 0.6) is 5.75 Å². The predicted octanol–water partition coefficient (Wildman–Crippen LogP) is 4.54. The van der Waals surface area contributed by atoms with Gasteiger partial charge in [-0.05, 0) is 48.9 Å². The van der Waals surface area contributed by atoms with Gasteiger partial charge in [-0.1, -0.05) is 29.8 Å². The number of ether oxygens (including phenoxy) is 2. The van der Waals surface area contributed by atoms with Crippen molar-refractivity contribution in [2.75, 3.05) is 13.2 Å². The number of halogens is 1. The zero-order valence-electron chi connectivity index (χ0n) is 17.6. The fourth-order valence-electron chi connectivity index (χ4n) is 3.22. The molecule has 0 atom stereocenters. The number of fused-ring (bicyclic) bond motifs is 1. The van der Waals surface area contributed by atoms with Gasteiger partial charge in [0.15, 0.2) is 5.78 Å². The largest absolute Gasteiger partial charge is 0.490 e. The minimum atomic E-state index is -0.546. The fourth-order valence-corrected chi connectivity index (χ4v) is 4.38. The van der Waals surface area contributed by atoms with Crippen LogP contribution in [-0.2, 0) is 11.3 Å². The first-order valence-electron chi connectivity index (χ1n) is 10.1. The van der Waals surface area contributed by atoms with Gasteiger partial charge in [-0.15, -0.1) is 11.3 Å². The standard InChI is InChI=1S/C24H19ClN2O5S/c1-15-20-22(33-21(15)24(30)32-12-11-31-18-5-3-2-4-6-18)26-14-27(23(20)29)13-19(28)16-7-9-17(25)10-8-16/h2-10,14H,11-13H2,1H3. The van der Waals surface area contributed by atoms with Crippen LogP contribution in [-0.4, -0.2) is 34.5 Å². The van der Waals surface area contributed by atoms with E-state index in [1.807, 2.05) is 30.3 Å². The molecule has 4 aromatic rings. The van der Waals surface area contributed by atoms with E-state index in [1.165, 1.54) is 10.9 Å². The first-order valence-corrected chi connectivity index (χ1v) is 11.3. The Hall–Kier alpha value is -3.49. The Morgan fingerprint density at radius 1 is 1.06 bits per heavy atom. The number of carbonyl (C=O) groups excluding carboxylic acids is 2. The number of aryl methyl sites for hydroxylation is 1. The molecule has 0 amide bonds. The van der Waals surface area contributed by atoms with E-state index in [0.29, 0.717) is 37.0 Å². The number of benzene rings is 2. The lowest BCUT2D eigenvalue weighted by Gasteiger charge is -2.07. The highest BCUT2D eigenvalue weighted by molar-refractivity contribution is 7.20. The number of ketones is 1. The number of thiophene rings is 1. The molecule has 0 aliphatic heterocycles. The van der Waals surface area contributed by atoms with Crippen molar-refractivity contribution in [3.05, 3.63) is 92.3 Å². The summed E-state index contributed by atoms with van der Waals surface area (Å²) < 4.78 is 12.1. The van der Waals surface area contributed by atoms with Crippen LogP contribution < -0.4 is 10.3 Å². The molecule has 0 N–H and O–H groups in total. The predicted molar refractivity (Wildman–Crippen MR) is 127 cm³/mol. The first kappa shape index (κ1) is 22.7. The van der Waals surface area contributed by atoms with Crippen molar-refractivity contribution in [1.29, 1.82) is 0 Å². The van der Waals surface area contributed by atoms with E-state index >= 15 is 0 Å². The van der Waals surface area contributed by atoms with Gasteiger partial charge in [-0.2, -0.15) is 0 Å². The summed E-state index contributed by atoms with van der Waals surface area (Å²) in [5, 5.41) is 0.825. The third-order valence-electron chi connectivity index (χ3n) is 4.91. The first-order chi connectivity index (χ1) is 15.9. The molecule has 0 aliphatic rings.